The molecule has 1 atom stereocenters. The van der Waals surface area contributed by atoms with Gasteiger partial charge in [0, 0.05) is 42.8 Å². The molecule has 34 heavy (non-hydrogen) atoms. The van der Waals surface area contributed by atoms with Crippen LogP contribution in [0.3, 0.4) is 0 Å². The maximum atomic E-state index is 13.7. The lowest BCUT2D eigenvalue weighted by Crippen LogP contribution is -2.38. The number of nitrogens with two attached hydrogens (primary N) is 1. The van der Waals surface area contributed by atoms with Gasteiger partial charge in [-0.05, 0) is 48.0 Å². The number of likely N-dealkylation sites (N-methyl/N-ethyl adjacent to an activating group) is 1. The van der Waals surface area contributed by atoms with Crippen molar-refractivity contribution in [3.63, 3.8) is 0 Å². The summed E-state index contributed by atoms with van der Waals surface area (Å²) in [6.07, 6.45) is 8.12. The van der Waals surface area contributed by atoms with E-state index in [1.807, 2.05) is 36.4 Å². The maximum Gasteiger partial charge on any atom is 0.247 e. The predicted octanol–water partition coefficient (Wildman–Crippen LogP) is 3.77. The summed E-state index contributed by atoms with van der Waals surface area (Å²) < 4.78 is 15.4. The van der Waals surface area contributed by atoms with E-state index in [2.05, 4.69) is 10.1 Å². The number of benzene rings is 2. The Balaban J connectivity index is 1.66. The molecule has 8 heteroatoms. The van der Waals surface area contributed by atoms with Gasteiger partial charge >= 0.3 is 0 Å². The van der Waals surface area contributed by atoms with Crippen molar-refractivity contribution in [2.45, 2.75) is 6.04 Å². The third kappa shape index (κ3) is 4.91. The van der Waals surface area contributed by atoms with Crippen molar-refractivity contribution in [2.24, 2.45) is 5.73 Å². The number of primary amides is 1. The largest absolute Gasteiger partial charge is 0.368 e. The van der Waals surface area contributed by atoms with E-state index in [0.717, 1.165) is 11.3 Å². The topological polar surface area (TPSA) is 94.1 Å². The van der Waals surface area contributed by atoms with Crippen molar-refractivity contribution in [2.75, 3.05) is 7.05 Å². The van der Waals surface area contributed by atoms with Crippen molar-refractivity contribution in [3.05, 3.63) is 108 Å². The molecule has 0 aliphatic carbocycles. The van der Waals surface area contributed by atoms with Crippen LogP contribution in [0.2, 0.25) is 0 Å². The van der Waals surface area contributed by atoms with E-state index in [4.69, 9.17) is 5.73 Å². The highest BCUT2D eigenvalue weighted by Crippen LogP contribution is 2.25. The number of amides is 2. The molecule has 0 aliphatic rings. The lowest BCUT2D eigenvalue weighted by atomic mass is 10.0. The number of halogens is 1. The summed E-state index contributed by atoms with van der Waals surface area (Å²) in [5.74, 6) is -1.75. The second-order valence-corrected chi connectivity index (χ2v) is 7.60. The molecule has 170 valence electrons. The van der Waals surface area contributed by atoms with Gasteiger partial charge in [-0.3, -0.25) is 14.6 Å². The molecular formula is C26H22FN5O2. The van der Waals surface area contributed by atoms with Crippen molar-refractivity contribution in [1.82, 2.24) is 19.7 Å². The molecule has 4 rings (SSSR count). The quantitative estimate of drug-likeness (QED) is 0.429. The highest BCUT2D eigenvalue weighted by atomic mass is 19.1. The Hall–Kier alpha value is -4.59. The number of nitrogens with zero attached hydrogens (tertiary/aromatic N) is 4. The third-order valence-electron chi connectivity index (χ3n) is 5.27. The van der Waals surface area contributed by atoms with Gasteiger partial charge in [-0.25, -0.2) is 9.07 Å². The molecule has 0 saturated heterocycles. The van der Waals surface area contributed by atoms with Crippen LogP contribution in [0.4, 0.5) is 4.39 Å². The molecule has 2 aromatic carbocycles. The van der Waals surface area contributed by atoms with Crippen LogP contribution in [0, 0.1) is 5.82 Å². The van der Waals surface area contributed by atoms with E-state index >= 15 is 0 Å². The van der Waals surface area contributed by atoms with Crippen LogP contribution in [0.15, 0.2) is 91.4 Å². The van der Waals surface area contributed by atoms with Crippen LogP contribution in [-0.4, -0.2) is 38.5 Å². The summed E-state index contributed by atoms with van der Waals surface area (Å²) in [6.45, 7) is 0. The van der Waals surface area contributed by atoms with Crippen LogP contribution >= 0.6 is 0 Å². The Morgan fingerprint density at radius 1 is 1.09 bits per heavy atom. The Labute approximate surface area is 196 Å². The van der Waals surface area contributed by atoms with Crippen LogP contribution < -0.4 is 5.73 Å². The fourth-order valence-corrected chi connectivity index (χ4v) is 3.61. The molecule has 0 saturated carbocycles. The minimum atomic E-state index is -1.11. The molecule has 7 nitrogen and oxygen atoms in total. The molecule has 4 aromatic rings. The van der Waals surface area contributed by atoms with Gasteiger partial charge in [-0.1, -0.05) is 30.3 Å². The lowest BCUT2D eigenvalue weighted by Gasteiger charge is -2.25. The zero-order chi connectivity index (χ0) is 24.1. The summed E-state index contributed by atoms with van der Waals surface area (Å²) in [5.41, 5.74) is 8.79. The summed E-state index contributed by atoms with van der Waals surface area (Å²) in [6, 6.07) is 17.6. The van der Waals surface area contributed by atoms with Gasteiger partial charge in [-0.15, -0.1) is 0 Å². The summed E-state index contributed by atoms with van der Waals surface area (Å²) in [5, 5.41) is 4.68. The van der Waals surface area contributed by atoms with E-state index < -0.39 is 23.7 Å². The summed E-state index contributed by atoms with van der Waals surface area (Å²) in [4.78, 5) is 30.4. The van der Waals surface area contributed by atoms with Crippen LogP contribution in [0.25, 0.3) is 23.0 Å². The van der Waals surface area contributed by atoms with Crippen molar-refractivity contribution in [1.29, 1.82) is 0 Å². The number of rotatable bonds is 7. The number of pyridine rings is 1. The first-order valence-corrected chi connectivity index (χ1v) is 10.5. The summed E-state index contributed by atoms with van der Waals surface area (Å²) in [7, 11) is 1.45. The first-order chi connectivity index (χ1) is 16.4. The molecular weight excluding hydrogens is 433 g/mol. The van der Waals surface area contributed by atoms with E-state index in [1.165, 1.54) is 36.2 Å². The molecule has 2 N–H and O–H groups in total. The minimum Gasteiger partial charge on any atom is -0.368 e. The third-order valence-corrected chi connectivity index (χ3v) is 5.27. The molecule has 0 aliphatic heterocycles. The Bertz CT molecular complexity index is 1340. The second kappa shape index (κ2) is 9.91. The highest BCUT2D eigenvalue weighted by Gasteiger charge is 2.26. The Kier molecular flexibility index (Phi) is 6.59. The van der Waals surface area contributed by atoms with Gasteiger partial charge in [0.1, 0.15) is 17.6 Å². The van der Waals surface area contributed by atoms with Gasteiger partial charge in [0.05, 0.1) is 5.69 Å². The fourth-order valence-electron chi connectivity index (χ4n) is 3.61. The maximum absolute atomic E-state index is 13.7. The zero-order valence-electron chi connectivity index (χ0n) is 18.4. The first kappa shape index (κ1) is 22.6. The normalized spacial score (nSPS) is 11.9. The number of carbonyl (C=O) groups excluding carboxylic acids is 2. The number of hydrogen-bond acceptors (Lipinski definition) is 4. The first-order valence-electron chi connectivity index (χ1n) is 10.5. The van der Waals surface area contributed by atoms with Crippen LogP contribution in [0.1, 0.15) is 17.2 Å². The monoisotopic (exact) mass is 455 g/mol. The zero-order valence-corrected chi connectivity index (χ0v) is 18.4. The fraction of sp³-hybridized carbons (Fsp3) is 0.0769. The van der Waals surface area contributed by atoms with Crippen molar-refractivity contribution < 1.29 is 14.0 Å². The van der Waals surface area contributed by atoms with Crippen LogP contribution in [0.5, 0.6) is 0 Å². The lowest BCUT2D eigenvalue weighted by molar-refractivity contribution is -0.134. The highest BCUT2D eigenvalue weighted by molar-refractivity contribution is 5.96. The van der Waals surface area contributed by atoms with Gasteiger partial charge in [0.15, 0.2) is 0 Å². The molecule has 2 aromatic heterocycles. The van der Waals surface area contributed by atoms with Crippen molar-refractivity contribution >= 4 is 17.9 Å². The van der Waals surface area contributed by atoms with Crippen molar-refractivity contribution in [3.8, 4) is 16.9 Å². The molecule has 1 unspecified atom stereocenters. The van der Waals surface area contributed by atoms with Gasteiger partial charge in [0.2, 0.25) is 11.8 Å². The van der Waals surface area contributed by atoms with Gasteiger partial charge in [0.25, 0.3) is 0 Å². The minimum absolute atomic E-state index is 0.296. The molecule has 0 fully saturated rings. The molecule has 0 radical (unpaired) electrons. The number of carbonyl (C=O) groups is 2. The van der Waals surface area contributed by atoms with Gasteiger partial charge < -0.3 is 10.6 Å². The standard InChI is InChI=1S/C26H22FN5O2/c1-31(25(26(28)34)18-7-5-9-21(27)15-18)23(33)13-12-20-17-32(22-10-3-2-4-11-22)30-24(20)19-8-6-14-29-16-19/h2-17,25H,1H3,(H2,28,34)/b13-12+. The average molecular weight is 455 g/mol. The van der Waals surface area contributed by atoms with E-state index in [9.17, 15) is 14.0 Å². The summed E-state index contributed by atoms with van der Waals surface area (Å²) >= 11 is 0. The van der Waals surface area contributed by atoms with E-state index in [-0.39, 0.29) is 0 Å². The number of para-hydroxylation sites is 1. The SMILES string of the molecule is CN(C(=O)/C=C/c1cn(-c2ccccc2)nc1-c1cccnc1)C(C(N)=O)c1cccc(F)c1. The molecule has 2 heterocycles. The van der Waals surface area contributed by atoms with Gasteiger partial charge in [-0.2, -0.15) is 5.10 Å². The Morgan fingerprint density at radius 3 is 2.56 bits per heavy atom. The molecule has 0 bridgehead atoms. The molecule has 0 spiro atoms. The number of aromatic nitrogens is 3. The van der Waals surface area contributed by atoms with Crippen LogP contribution in [-0.2, 0) is 9.59 Å². The second-order valence-electron chi connectivity index (χ2n) is 7.60. The average Bonchev–Trinajstić information content (AvgIpc) is 3.28. The smallest absolute Gasteiger partial charge is 0.247 e. The predicted molar refractivity (Wildman–Crippen MR) is 127 cm³/mol. The molecule has 2 amide bonds. The van der Waals surface area contributed by atoms with E-state index in [1.54, 1.807) is 41.5 Å². The number of hydrogen-bond donors (Lipinski definition) is 1. The van der Waals surface area contributed by atoms with E-state index in [0.29, 0.717) is 16.8 Å². The Morgan fingerprint density at radius 2 is 1.88 bits per heavy atom.